The van der Waals surface area contributed by atoms with Gasteiger partial charge in [-0.2, -0.15) is 0 Å². The lowest BCUT2D eigenvalue weighted by molar-refractivity contribution is -0.386. The molecule has 0 aliphatic rings. The fourth-order valence-electron chi connectivity index (χ4n) is 2.50. The quantitative estimate of drug-likeness (QED) is 0.546. The van der Waals surface area contributed by atoms with Crippen molar-refractivity contribution in [1.29, 1.82) is 0 Å². The Labute approximate surface area is 121 Å². The minimum absolute atomic E-state index is 0.143. The Kier molecular flexibility index (Phi) is 3.13. The van der Waals surface area contributed by atoms with Gasteiger partial charge in [-0.05, 0) is 26.0 Å². The minimum Gasteiger partial charge on any atom is -0.324 e. The zero-order valence-corrected chi connectivity index (χ0v) is 11.8. The van der Waals surface area contributed by atoms with Crippen molar-refractivity contribution < 1.29 is 4.92 Å². The van der Waals surface area contributed by atoms with Gasteiger partial charge in [0.05, 0.1) is 40.1 Å². The lowest BCUT2D eigenvalue weighted by Gasteiger charge is -2.09. The summed E-state index contributed by atoms with van der Waals surface area (Å²) < 4.78 is 1.95. The summed E-state index contributed by atoms with van der Waals surface area (Å²) >= 11 is 0. The minimum atomic E-state index is -0.345. The average molecular weight is 282 g/mol. The van der Waals surface area contributed by atoms with Gasteiger partial charge in [0, 0.05) is 11.8 Å². The molecule has 0 saturated heterocycles. The Bertz CT molecular complexity index is 839. The summed E-state index contributed by atoms with van der Waals surface area (Å²) in [5.41, 5.74) is 3.91. The van der Waals surface area contributed by atoms with Crippen molar-refractivity contribution in [2.24, 2.45) is 0 Å². The molecule has 0 radical (unpaired) electrons. The van der Waals surface area contributed by atoms with E-state index in [4.69, 9.17) is 0 Å². The molecule has 3 rings (SSSR count). The molecule has 0 amide bonds. The van der Waals surface area contributed by atoms with Crippen LogP contribution >= 0.6 is 0 Å². The number of pyridine rings is 1. The smallest absolute Gasteiger partial charge is 0.278 e. The maximum Gasteiger partial charge on any atom is 0.278 e. The fraction of sp³-hybridized carbons (Fsp3) is 0.200. The largest absolute Gasteiger partial charge is 0.324 e. The van der Waals surface area contributed by atoms with Crippen LogP contribution in [0.4, 0.5) is 5.69 Å². The highest BCUT2D eigenvalue weighted by Crippen LogP contribution is 2.25. The van der Waals surface area contributed by atoms with Crippen LogP contribution in [0, 0.1) is 24.0 Å². The first-order valence-electron chi connectivity index (χ1n) is 6.57. The van der Waals surface area contributed by atoms with E-state index >= 15 is 0 Å². The van der Waals surface area contributed by atoms with E-state index in [9.17, 15) is 10.1 Å². The zero-order valence-electron chi connectivity index (χ0n) is 11.8. The molecule has 3 aromatic rings. The molecule has 21 heavy (non-hydrogen) atoms. The zero-order chi connectivity index (χ0) is 15.0. The maximum absolute atomic E-state index is 11.2. The summed E-state index contributed by atoms with van der Waals surface area (Å²) in [6, 6.07) is 7.78. The summed E-state index contributed by atoms with van der Waals surface area (Å²) in [6.45, 7) is 3.91. The second-order valence-electron chi connectivity index (χ2n) is 4.98. The number of nitro groups is 1. The third-order valence-electron chi connectivity index (χ3n) is 3.61. The first kappa shape index (κ1) is 13.2. The van der Waals surface area contributed by atoms with Crippen LogP contribution in [0.1, 0.15) is 16.8 Å². The normalized spacial score (nSPS) is 11.0. The second kappa shape index (κ2) is 4.97. The van der Waals surface area contributed by atoms with E-state index < -0.39 is 0 Å². The molecular weight excluding hydrogens is 268 g/mol. The Morgan fingerprint density at radius 3 is 2.76 bits per heavy atom. The third kappa shape index (κ3) is 2.24. The van der Waals surface area contributed by atoms with Crippen molar-refractivity contribution in [2.75, 3.05) is 0 Å². The van der Waals surface area contributed by atoms with Crippen LogP contribution in [-0.4, -0.2) is 19.5 Å². The van der Waals surface area contributed by atoms with Gasteiger partial charge in [-0.1, -0.05) is 12.1 Å². The topological polar surface area (TPSA) is 73.8 Å². The molecule has 0 aliphatic heterocycles. The number of aryl methyl sites for hydroxylation is 1. The van der Waals surface area contributed by atoms with Crippen LogP contribution in [0.2, 0.25) is 0 Å². The van der Waals surface area contributed by atoms with E-state index in [2.05, 4.69) is 9.97 Å². The van der Waals surface area contributed by atoms with Gasteiger partial charge in [-0.15, -0.1) is 0 Å². The van der Waals surface area contributed by atoms with Crippen molar-refractivity contribution >= 4 is 16.7 Å². The molecule has 0 saturated carbocycles. The summed E-state index contributed by atoms with van der Waals surface area (Å²) in [5, 5.41) is 11.2. The van der Waals surface area contributed by atoms with E-state index in [-0.39, 0.29) is 10.6 Å². The van der Waals surface area contributed by atoms with Gasteiger partial charge < -0.3 is 4.57 Å². The molecule has 6 nitrogen and oxygen atoms in total. The monoisotopic (exact) mass is 282 g/mol. The van der Waals surface area contributed by atoms with Gasteiger partial charge in [0.15, 0.2) is 0 Å². The molecule has 0 bridgehead atoms. The number of rotatable bonds is 3. The highest BCUT2D eigenvalue weighted by atomic mass is 16.6. The fourth-order valence-corrected chi connectivity index (χ4v) is 2.50. The van der Waals surface area contributed by atoms with Crippen LogP contribution in [0.15, 0.2) is 36.8 Å². The summed E-state index contributed by atoms with van der Waals surface area (Å²) in [7, 11) is 0. The van der Waals surface area contributed by atoms with E-state index in [0.29, 0.717) is 23.4 Å². The summed E-state index contributed by atoms with van der Waals surface area (Å²) in [4.78, 5) is 19.5. The van der Waals surface area contributed by atoms with Crippen LogP contribution in [0.3, 0.4) is 0 Å². The van der Waals surface area contributed by atoms with Gasteiger partial charge in [0.25, 0.3) is 5.69 Å². The van der Waals surface area contributed by atoms with Crippen molar-refractivity contribution in [2.45, 2.75) is 20.4 Å². The number of imidazole rings is 1. The molecule has 0 unspecified atom stereocenters. The lowest BCUT2D eigenvalue weighted by atomic mass is 10.1. The molecule has 0 fully saturated rings. The average Bonchev–Trinajstić information content (AvgIpc) is 2.85. The van der Waals surface area contributed by atoms with Gasteiger partial charge in [-0.3, -0.25) is 15.1 Å². The van der Waals surface area contributed by atoms with Crippen LogP contribution < -0.4 is 0 Å². The molecule has 6 heteroatoms. The molecule has 0 atom stereocenters. The lowest BCUT2D eigenvalue weighted by Crippen LogP contribution is -2.06. The van der Waals surface area contributed by atoms with E-state index in [1.807, 2.05) is 28.8 Å². The SMILES string of the molecule is Cc1cnc(Cn2cnc3ccccc32)c(C)c1[N+](=O)[O-]. The Morgan fingerprint density at radius 1 is 1.24 bits per heavy atom. The van der Waals surface area contributed by atoms with Crippen LogP contribution in [0.25, 0.3) is 11.0 Å². The van der Waals surface area contributed by atoms with Crippen molar-refractivity contribution in [1.82, 2.24) is 14.5 Å². The first-order chi connectivity index (χ1) is 10.1. The predicted molar refractivity (Wildman–Crippen MR) is 79.2 cm³/mol. The van der Waals surface area contributed by atoms with Crippen LogP contribution in [-0.2, 0) is 6.54 Å². The molecule has 2 aromatic heterocycles. The van der Waals surface area contributed by atoms with Crippen molar-refractivity contribution in [3.63, 3.8) is 0 Å². The standard InChI is InChI=1S/C15H14N4O2/c1-10-7-16-13(11(2)15(10)19(20)21)8-18-9-17-12-5-3-4-6-14(12)18/h3-7,9H,8H2,1-2H3. The summed E-state index contributed by atoms with van der Waals surface area (Å²) in [5.74, 6) is 0. The number of aromatic nitrogens is 3. The number of hydrogen-bond acceptors (Lipinski definition) is 4. The molecule has 2 heterocycles. The highest BCUT2D eigenvalue weighted by Gasteiger charge is 2.19. The number of fused-ring (bicyclic) bond motifs is 1. The molecule has 0 aliphatic carbocycles. The first-order valence-corrected chi connectivity index (χ1v) is 6.57. The second-order valence-corrected chi connectivity index (χ2v) is 4.98. The molecule has 1 aromatic carbocycles. The van der Waals surface area contributed by atoms with Gasteiger partial charge in [-0.25, -0.2) is 4.98 Å². The van der Waals surface area contributed by atoms with Crippen LogP contribution in [0.5, 0.6) is 0 Å². The Morgan fingerprint density at radius 2 is 2.00 bits per heavy atom. The van der Waals surface area contributed by atoms with Crippen molar-refractivity contribution in [3.8, 4) is 0 Å². The number of hydrogen-bond donors (Lipinski definition) is 0. The predicted octanol–water partition coefficient (Wildman–Crippen LogP) is 3.00. The highest BCUT2D eigenvalue weighted by molar-refractivity contribution is 5.75. The van der Waals surface area contributed by atoms with Gasteiger partial charge in [0.1, 0.15) is 0 Å². The molecular formula is C15H14N4O2. The Balaban J connectivity index is 2.06. The Hall–Kier alpha value is -2.76. The van der Waals surface area contributed by atoms with E-state index in [1.54, 1.807) is 26.4 Å². The number of nitrogens with zero attached hydrogens (tertiary/aromatic N) is 4. The van der Waals surface area contributed by atoms with Gasteiger partial charge >= 0.3 is 0 Å². The van der Waals surface area contributed by atoms with E-state index in [0.717, 1.165) is 11.0 Å². The molecule has 106 valence electrons. The van der Waals surface area contributed by atoms with E-state index in [1.165, 1.54) is 0 Å². The number of benzene rings is 1. The van der Waals surface area contributed by atoms with Crippen molar-refractivity contribution in [3.05, 3.63) is 63.7 Å². The van der Waals surface area contributed by atoms with Gasteiger partial charge in [0.2, 0.25) is 0 Å². The summed E-state index contributed by atoms with van der Waals surface area (Å²) in [6.07, 6.45) is 3.29. The number of para-hydroxylation sites is 2. The third-order valence-corrected chi connectivity index (χ3v) is 3.61. The molecule has 0 N–H and O–H groups in total. The maximum atomic E-state index is 11.2. The molecule has 0 spiro atoms.